The molecule has 6 nitrogen and oxygen atoms in total. The van der Waals surface area contributed by atoms with Crippen LogP contribution in [0.3, 0.4) is 0 Å². The number of hydrogen-bond acceptors (Lipinski definition) is 5. The van der Waals surface area contributed by atoms with Gasteiger partial charge in [-0.3, -0.25) is 5.10 Å². The van der Waals surface area contributed by atoms with E-state index in [0.29, 0.717) is 4.77 Å². The van der Waals surface area contributed by atoms with Gasteiger partial charge in [0.25, 0.3) is 0 Å². The molecule has 3 rings (SSSR count). The SMILES string of the molecule is CCCN(CCC)c1ccc(/C=N\n2c([C@@H]3CCCO3)n[nH]c2=S)cc1. The number of nitrogens with zero attached hydrogens (tertiary/aromatic N) is 4. The highest BCUT2D eigenvalue weighted by molar-refractivity contribution is 7.71. The Morgan fingerprint density at radius 3 is 2.65 bits per heavy atom. The molecule has 0 saturated carbocycles. The van der Waals surface area contributed by atoms with Crippen LogP contribution >= 0.6 is 12.2 Å². The summed E-state index contributed by atoms with van der Waals surface area (Å²) >= 11 is 5.31. The summed E-state index contributed by atoms with van der Waals surface area (Å²) < 4.78 is 7.86. The summed E-state index contributed by atoms with van der Waals surface area (Å²) in [6, 6.07) is 8.49. The Morgan fingerprint density at radius 2 is 2.04 bits per heavy atom. The van der Waals surface area contributed by atoms with Crippen LogP contribution in [0, 0.1) is 4.77 Å². The molecule has 0 spiro atoms. The second-order valence-corrected chi connectivity index (χ2v) is 6.91. The fourth-order valence-corrected chi connectivity index (χ4v) is 3.40. The van der Waals surface area contributed by atoms with E-state index >= 15 is 0 Å². The summed E-state index contributed by atoms with van der Waals surface area (Å²) in [5, 5.41) is 11.6. The van der Waals surface area contributed by atoms with Gasteiger partial charge in [0.05, 0.1) is 6.21 Å². The minimum atomic E-state index is -0.0286. The average molecular weight is 374 g/mol. The normalized spacial score (nSPS) is 17.2. The lowest BCUT2D eigenvalue weighted by atomic mass is 10.2. The third kappa shape index (κ3) is 4.40. The highest BCUT2D eigenvalue weighted by Gasteiger charge is 2.23. The van der Waals surface area contributed by atoms with E-state index in [4.69, 9.17) is 17.0 Å². The third-order valence-corrected chi connectivity index (χ3v) is 4.72. The van der Waals surface area contributed by atoms with Crippen LogP contribution in [0.2, 0.25) is 0 Å². The second-order valence-electron chi connectivity index (χ2n) is 6.52. The molecule has 140 valence electrons. The molecule has 0 aliphatic carbocycles. The molecule has 1 saturated heterocycles. The number of rotatable bonds is 8. The molecule has 0 unspecified atom stereocenters. The molecule has 1 aromatic carbocycles. The maximum atomic E-state index is 5.70. The van der Waals surface area contributed by atoms with Gasteiger partial charge in [-0.1, -0.05) is 26.0 Å². The zero-order chi connectivity index (χ0) is 18.4. The van der Waals surface area contributed by atoms with E-state index in [2.05, 4.69) is 58.3 Å². The van der Waals surface area contributed by atoms with E-state index in [9.17, 15) is 0 Å². The van der Waals surface area contributed by atoms with E-state index < -0.39 is 0 Å². The number of hydrogen-bond donors (Lipinski definition) is 1. The van der Waals surface area contributed by atoms with Gasteiger partial charge in [-0.15, -0.1) is 0 Å². The lowest BCUT2D eigenvalue weighted by Gasteiger charge is -2.23. The van der Waals surface area contributed by atoms with Gasteiger partial charge >= 0.3 is 0 Å². The summed E-state index contributed by atoms with van der Waals surface area (Å²) in [7, 11) is 0. The van der Waals surface area contributed by atoms with Crippen molar-refractivity contribution in [3.05, 3.63) is 40.4 Å². The van der Waals surface area contributed by atoms with Crippen molar-refractivity contribution >= 4 is 24.1 Å². The van der Waals surface area contributed by atoms with E-state index in [1.54, 1.807) is 4.68 Å². The van der Waals surface area contributed by atoms with E-state index in [1.807, 2.05) is 6.21 Å². The zero-order valence-electron chi connectivity index (χ0n) is 15.5. The molecule has 1 aliphatic heterocycles. The van der Waals surface area contributed by atoms with Crippen molar-refractivity contribution in [2.75, 3.05) is 24.6 Å². The fourth-order valence-electron chi connectivity index (χ4n) is 3.21. The van der Waals surface area contributed by atoms with Gasteiger partial charge in [0.15, 0.2) is 5.82 Å². The van der Waals surface area contributed by atoms with E-state index in [0.717, 1.165) is 56.8 Å². The molecule has 1 aromatic heterocycles. The molecule has 2 aromatic rings. The van der Waals surface area contributed by atoms with Gasteiger partial charge < -0.3 is 9.64 Å². The molecular formula is C19H27N5OS. The first-order valence-electron chi connectivity index (χ1n) is 9.41. The number of anilines is 1. The number of aromatic nitrogens is 3. The Labute approximate surface area is 159 Å². The van der Waals surface area contributed by atoms with Crippen LogP contribution in [0.1, 0.15) is 57.0 Å². The monoisotopic (exact) mass is 373 g/mol. The van der Waals surface area contributed by atoms with Crippen molar-refractivity contribution in [1.82, 2.24) is 14.9 Å². The van der Waals surface area contributed by atoms with Crippen LogP contribution in [0.4, 0.5) is 5.69 Å². The van der Waals surface area contributed by atoms with Gasteiger partial charge in [0.1, 0.15) is 6.10 Å². The highest BCUT2D eigenvalue weighted by Crippen LogP contribution is 2.27. The molecule has 1 aliphatic rings. The quantitative estimate of drug-likeness (QED) is 0.554. The van der Waals surface area contributed by atoms with Crippen molar-refractivity contribution < 1.29 is 4.74 Å². The van der Waals surface area contributed by atoms with Gasteiger partial charge in [0.2, 0.25) is 4.77 Å². The maximum Gasteiger partial charge on any atom is 0.216 e. The Morgan fingerprint density at radius 1 is 1.31 bits per heavy atom. The minimum Gasteiger partial charge on any atom is -0.372 e. The first kappa shape index (κ1) is 18.8. The molecule has 26 heavy (non-hydrogen) atoms. The molecule has 1 fully saturated rings. The van der Waals surface area contributed by atoms with Crippen LogP contribution in [0.25, 0.3) is 0 Å². The molecule has 7 heteroatoms. The van der Waals surface area contributed by atoms with Gasteiger partial charge in [-0.2, -0.15) is 14.9 Å². The third-order valence-electron chi connectivity index (χ3n) is 4.46. The smallest absolute Gasteiger partial charge is 0.216 e. The number of nitrogens with one attached hydrogen (secondary N) is 1. The van der Waals surface area contributed by atoms with Gasteiger partial charge in [0, 0.05) is 25.4 Å². The first-order chi connectivity index (χ1) is 12.7. The standard InChI is InChI=1S/C19H27N5OS/c1-3-11-23(12-4-2)16-9-7-15(8-10-16)14-20-24-18(21-22-19(24)26)17-6-5-13-25-17/h7-10,14,17H,3-6,11-13H2,1-2H3,(H,22,26)/b20-14-/t17-/m0/s1. The van der Waals surface area contributed by atoms with Crippen LogP contribution in [0.5, 0.6) is 0 Å². The summed E-state index contributed by atoms with van der Waals surface area (Å²) in [5.74, 6) is 0.748. The number of ether oxygens (including phenoxy) is 1. The van der Waals surface area contributed by atoms with Gasteiger partial charge in [-0.25, -0.2) is 0 Å². The maximum absolute atomic E-state index is 5.70. The number of aromatic amines is 1. The van der Waals surface area contributed by atoms with Crippen LogP contribution in [-0.2, 0) is 4.74 Å². The number of benzene rings is 1. The first-order valence-corrected chi connectivity index (χ1v) is 9.82. The fraction of sp³-hybridized carbons (Fsp3) is 0.526. The number of H-pyrrole nitrogens is 1. The minimum absolute atomic E-state index is 0.0286. The van der Waals surface area contributed by atoms with Crippen LogP contribution in [0.15, 0.2) is 29.4 Å². The molecule has 1 atom stereocenters. The molecule has 0 radical (unpaired) electrons. The lowest BCUT2D eigenvalue weighted by molar-refractivity contribution is 0.102. The van der Waals surface area contributed by atoms with Crippen LogP contribution < -0.4 is 4.90 Å². The van der Waals surface area contributed by atoms with Gasteiger partial charge in [-0.05, 0) is 55.6 Å². The lowest BCUT2D eigenvalue weighted by Crippen LogP contribution is -2.24. The summed E-state index contributed by atoms with van der Waals surface area (Å²) in [6.45, 7) is 7.35. The Bertz CT molecular complexity index is 768. The zero-order valence-corrected chi connectivity index (χ0v) is 16.3. The Kier molecular flexibility index (Phi) is 6.57. The largest absolute Gasteiger partial charge is 0.372 e. The predicted octanol–water partition coefficient (Wildman–Crippen LogP) is 4.30. The van der Waals surface area contributed by atoms with Crippen molar-refractivity contribution in [2.45, 2.75) is 45.6 Å². The topological polar surface area (TPSA) is 58.4 Å². The van der Waals surface area contributed by atoms with Crippen molar-refractivity contribution in [1.29, 1.82) is 0 Å². The van der Waals surface area contributed by atoms with Crippen molar-refractivity contribution in [3.63, 3.8) is 0 Å². The predicted molar refractivity (Wildman–Crippen MR) is 108 cm³/mol. The Balaban J connectivity index is 1.75. The second kappa shape index (κ2) is 9.09. The summed E-state index contributed by atoms with van der Waals surface area (Å²) in [6.07, 6.45) is 6.08. The molecule has 0 bridgehead atoms. The molecule has 1 N–H and O–H groups in total. The van der Waals surface area contributed by atoms with Crippen molar-refractivity contribution in [3.8, 4) is 0 Å². The van der Waals surface area contributed by atoms with E-state index in [-0.39, 0.29) is 6.10 Å². The summed E-state index contributed by atoms with van der Waals surface area (Å²) in [5.41, 5.74) is 2.29. The van der Waals surface area contributed by atoms with E-state index in [1.165, 1.54) is 5.69 Å². The molecule has 0 amide bonds. The average Bonchev–Trinajstić information content (AvgIpc) is 3.30. The molecule has 2 heterocycles. The van der Waals surface area contributed by atoms with Crippen LogP contribution in [-0.4, -0.2) is 40.8 Å². The molecular weight excluding hydrogens is 346 g/mol. The van der Waals surface area contributed by atoms with Crippen molar-refractivity contribution in [2.24, 2.45) is 5.10 Å². The highest BCUT2D eigenvalue weighted by atomic mass is 32.1. The summed E-state index contributed by atoms with van der Waals surface area (Å²) in [4.78, 5) is 2.42. The Hall–Kier alpha value is -1.99.